The predicted molar refractivity (Wildman–Crippen MR) is 86.6 cm³/mol. The van der Waals surface area contributed by atoms with E-state index in [1.165, 1.54) is 16.0 Å². The molecule has 0 bridgehead atoms. The molecule has 1 aliphatic heterocycles. The van der Waals surface area contributed by atoms with Gasteiger partial charge in [0, 0.05) is 17.1 Å². The molecule has 3 rings (SSSR count). The molecule has 1 N–H and O–H groups in total. The van der Waals surface area contributed by atoms with Crippen molar-refractivity contribution in [3.8, 4) is 0 Å². The van der Waals surface area contributed by atoms with Crippen molar-refractivity contribution in [1.82, 2.24) is 0 Å². The highest BCUT2D eigenvalue weighted by molar-refractivity contribution is 7.99. The predicted octanol–water partition coefficient (Wildman–Crippen LogP) is 3.84. The molecular formula is C18H20O2S. The summed E-state index contributed by atoms with van der Waals surface area (Å²) in [6, 6.07) is 18.6. The maximum absolute atomic E-state index is 10.3. The van der Waals surface area contributed by atoms with Crippen LogP contribution in [0.2, 0.25) is 0 Å². The summed E-state index contributed by atoms with van der Waals surface area (Å²) in [5, 5.41) is 10.3. The summed E-state index contributed by atoms with van der Waals surface area (Å²) >= 11 is 1.69. The van der Waals surface area contributed by atoms with Crippen LogP contribution in [0.4, 0.5) is 0 Å². The number of fused-ring (bicyclic) bond motifs is 1. The molecule has 110 valence electrons. The summed E-state index contributed by atoms with van der Waals surface area (Å²) in [4.78, 5) is 1.20. The molecule has 0 aromatic heterocycles. The van der Waals surface area contributed by atoms with Crippen molar-refractivity contribution in [3.63, 3.8) is 0 Å². The Kier molecular flexibility index (Phi) is 4.96. The number of aliphatic hydroxyl groups is 1. The molecule has 0 amide bonds. The van der Waals surface area contributed by atoms with Crippen LogP contribution in [0.15, 0.2) is 59.5 Å². The second-order valence-electron chi connectivity index (χ2n) is 5.32. The minimum atomic E-state index is -0.355. The van der Waals surface area contributed by atoms with E-state index in [0.717, 1.165) is 13.0 Å². The number of ether oxygens (including phenoxy) is 1. The first kappa shape index (κ1) is 14.6. The average Bonchev–Trinajstić information content (AvgIpc) is 2.54. The van der Waals surface area contributed by atoms with Gasteiger partial charge in [0.2, 0.25) is 0 Å². The summed E-state index contributed by atoms with van der Waals surface area (Å²) in [5.74, 6) is 0.700. The summed E-state index contributed by atoms with van der Waals surface area (Å²) in [7, 11) is 0. The van der Waals surface area contributed by atoms with Crippen molar-refractivity contribution in [2.45, 2.75) is 29.9 Å². The monoisotopic (exact) mass is 300 g/mol. The van der Waals surface area contributed by atoms with E-state index in [-0.39, 0.29) is 12.2 Å². The lowest BCUT2D eigenvalue weighted by molar-refractivity contribution is 0.00946. The van der Waals surface area contributed by atoms with Gasteiger partial charge >= 0.3 is 0 Å². The fourth-order valence-electron chi connectivity index (χ4n) is 2.70. The molecule has 0 saturated carbocycles. The molecule has 2 nitrogen and oxygen atoms in total. The van der Waals surface area contributed by atoms with Gasteiger partial charge in [-0.2, -0.15) is 0 Å². The number of hydrogen-bond acceptors (Lipinski definition) is 3. The zero-order valence-corrected chi connectivity index (χ0v) is 12.8. The molecule has 21 heavy (non-hydrogen) atoms. The van der Waals surface area contributed by atoms with Crippen molar-refractivity contribution in [2.75, 3.05) is 12.4 Å². The first-order valence-corrected chi connectivity index (χ1v) is 8.37. The lowest BCUT2D eigenvalue weighted by Crippen LogP contribution is -2.22. The van der Waals surface area contributed by atoms with Gasteiger partial charge in [-0.05, 0) is 29.7 Å². The lowest BCUT2D eigenvalue weighted by atomic mass is 9.94. The molecule has 0 spiro atoms. The minimum absolute atomic E-state index is 0.0290. The summed E-state index contributed by atoms with van der Waals surface area (Å²) < 4.78 is 5.86. The van der Waals surface area contributed by atoms with Crippen molar-refractivity contribution >= 4 is 11.8 Å². The van der Waals surface area contributed by atoms with Crippen LogP contribution in [0.3, 0.4) is 0 Å². The van der Waals surface area contributed by atoms with Gasteiger partial charge in [0.1, 0.15) is 0 Å². The van der Waals surface area contributed by atoms with E-state index < -0.39 is 0 Å². The number of rotatable bonds is 5. The third-order valence-corrected chi connectivity index (χ3v) is 4.92. The van der Waals surface area contributed by atoms with Gasteiger partial charge in [-0.1, -0.05) is 42.5 Å². The van der Waals surface area contributed by atoms with Gasteiger partial charge in [0.15, 0.2) is 0 Å². The normalized spacial score (nSPS) is 19.0. The fraction of sp³-hybridized carbons (Fsp3) is 0.333. The number of aliphatic hydroxyl groups excluding tert-OH is 1. The van der Waals surface area contributed by atoms with Crippen molar-refractivity contribution in [3.05, 3.63) is 65.7 Å². The van der Waals surface area contributed by atoms with Gasteiger partial charge in [-0.15, -0.1) is 11.8 Å². The molecule has 3 heteroatoms. The van der Waals surface area contributed by atoms with Crippen LogP contribution in [0.5, 0.6) is 0 Å². The molecule has 0 fully saturated rings. The average molecular weight is 300 g/mol. The topological polar surface area (TPSA) is 29.5 Å². The Balaban J connectivity index is 1.57. The Bertz CT molecular complexity index is 570. The highest BCUT2D eigenvalue weighted by atomic mass is 32.2. The van der Waals surface area contributed by atoms with Gasteiger partial charge in [0.05, 0.1) is 18.8 Å². The largest absolute Gasteiger partial charge is 0.392 e. The molecule has 2 atom stereocenters. The zero-order valence-electron chi connectivity index (χ0n) is 11.9. The molecule has 2 unspecified atom stereocenters. The summed E-state index contributed by atoms with van der Waals surface area (Å²) in [6.07, 6.45) is 1.31. The van der Waals surface area contributed by atoms with Gasteiger partial charge in [-0.25, -0.2) is 0 Å². The van der Waals surface area contributed by atoms with Gasteiger partial charge < -0.3 is 9.84 Å². The second-order valence-corrected chi connectivity index (χ2v) is 6.42. The van der Waals surface area contributed by atoms with E-state index >= 15 is 0 Å². The Hall–Kier alpha value is -1.29. The maximum atomic E-state index is 10.3. The van der Waals surface area contributed by atoms with E-state index in [4.69, 9.17) is 4.74 Å². The number of benzene rings is 2. The number of hydrogen-bond donors (Lipinski definition) is 1. The molecular weight excluding hydrogens is 280 g/mol. The third-order valence-electron chi connectivity index (χ3n) is 3.76. The Labute approximate surface area is 130 Å². The molecule has 0 aliphatic carbocycles. The van der Waals surface area contributed by atoms with Crippen LogP contribution in [0, 0.1) is 0 Å². The van der Waals surface area contributed by atoms with Crippen LogP contribution < -0.4 is 0 Å². The molecule has 2 aromatic carbocycles. The molecule has 2 aromatic rings. The Morgan fingerprint density at radius 1 is 1.10 bits per heavy atom. The summed E-state index contributed by atoms with van der Waals surface area (Å²) in [6.45, 7) is 0.750. The van der Waals surface area contributed by atoms with Crippen molar-refractivity contribution in [2.24, 2.45) is 0 Å². The molecule has 1 aliphatic rings. The van der Waals surface area contributed by atoms with E-state index in [0.29, 0.717) is 12.2 Å². The smallest absolute Gasteiger partial charge is 0.0852 e. The fourth-order valence-corrected chi connectivity index (χ4v) is 3.57. The van der Waals surface area contributed by atoms with Crippen LogP contribution in [0.1, 0.15) is 23.7 Å². The number of thioether (sulfide) groups is 1. The van der Waals surface area contributed by atoms with Gasteiger partial charge in [-0.3, -0.25) is 0 Å². The summed E-state index contributed by atoms with van der Waals surface area (Å²) in [5.41, 5.74) is 2.60. The Morgan fingerprint density at radius 3 is 2.71 bits per heavy atom. The van der Waals surface area contributed by atoms with E-state index in [9.17, 15) is 5.11 Å². The van der Waals surface area contributed by atoms with E-state index in [2.05, 4.69) is 30.3 Å². The highest BCUT2D eigenvalue weighted by Crippen LogP contribution is 2.31. The van der Waals surface area contributed by atoms with E-state index in [1.54, 1.807) is 11.8 Å². The van der Waals surface area contributed by atoms with Crippen LogP contribution in [0.25, 0.3) is 0 Å². The third kappa shape index (κ3) is 3.88. The first-order valence-electron chi connectivity index (χ1n) is 7.38. The zero-order chi connectivity index (χ0) is 14.5. The second kappa shape index (κ2) is 7.12. The first-order chi connectivity index (χ1) is 10.3. The Morgan fingerprint density at radius 2 is 1.86 bits per heavy atom. The standard InChI is InChI=1S/C18H20O2S/c19-15(13-21-16-7-2-1-3-8-16)12-18-17-9-5-4-6-14(17)10-11-20-18/h1-9,15,18-19H,10-13H2. The lowest BCUT2D eigenvalue weighted by Gasteiger charge is -2.27. The van der Waals surface area contributed by atoms with Crippen LogP contribution in [-0.2, 0) is 11.2 Å². The molecule has 1 heterocycles. The minimum Gasteiger partial charge on any atom is -0.392 e. The van der Waals surface area contributed by atoms with Crippen molar-refractivity contribution in [1.29, 1.82) is 0 Å². The van der Waals surface area contributed by atoms with E-state index in [1.807, 2.05) is 24.3 Å². The van der Waals surface area contributed by atoms with Gasteiger partial charge in [0.25, 0.3) is 0 Å². The molecule has 0 saturated heterocycles. The van der Waals surface area contributed by atoms with Crippen LogP contribution in [-0.4, -0.2) is 23.6 Å². The maximum Gasteiger partial charge on any atom is 0.0852 e. The van der Waals surface area contributed by atoms with Crippen LogP contribution >= 0.6 is 11.8 Å². The highest BCUT2D eigenvalue weighted by Gasteiger charge is 2.23. The quantitative estimate of drug-likeness (QED) is 0.851. The molecule has 0 radical (unpaired) electrons. The SMILES string of the molecule is OC(CSc1ccccc1)CC1OCCc2ccccc21. The van der Waals surface area contributed by atoms with Crippen molar-refractivity contribution < 1.29 is 9.84 Å².